The van der Waals surface area contributed by atoms with Crippen molar-refractivity contribution < 1.29 is 19.3 Å². The molecule has 1 spiro atoms. The van der Waals surface area contributed by atoms with E-state index in [2.05, 4.69) is 6.92 Å². The van der Waals surface area contributed by atoms with Crippen LogP contribution < -0.4 is 0 Å². The molecule has 1 unspecified atom stereocenters. The quantitative estimate of drug-likeness (QED) is 0.718. The lowest BCUT2D eigenvalue weighted by atomic mass is 9.74. The number of ether oxygens (including phenoxy) is 3. The number of aliphatic hydroxyl groups excluding tert-OH is 1. The van der Waals surface area contributed by atoms with Gasteiger partial charge in [-0.25, -0.2) is 0 Å². The van der Waals surface area contributed by atoms with Gasteiger partial charge in [-0.05, 0) is 25.7 Å². The second-order valence-electron chi connectivity index (χ2n) is 6.80. The van der Waals surface area contributed by atoms with Gasteiger partial charge in [0.2, 0.25) is 0 Å². The van der Waals surface area contributed by atoms with Crippen LogP contribution in [0.4, 0.5) is 0 Å². The molecule has 102 valence electrons. The third-order valence-corrected chi connectivity index (χ3v) is 5.30. The van der Waals surface area contributed by atoms with E-state index in [0.29, 0.717) is 0 Å². The Kier molecular flexibility index (Phi) is 2.39. The molecule has 5 atom stereocenters. The predicted octanol–water partition coefficient (Wildman–Crippen LogP) is 1.95. The minimum atomic E-state index is -0.650. The van der Waals surface area contributed by atoms with E-state index in [1.807, 2.05) is 0 Å². The summed E-state index contributed by atoms with van der Waals surface area (Å²) in [5.41, 5.74) is -0.143. The molecule has 2 bridgehead atoms. The minimum Gasteiger partial charge on any atom is -0.367 e. The summed E-state index contributed by atoms with van der Waals surface area (Å²) < 4.78 is 18.2. The van der Waals surface area contributed by atoms with Gasteiger partial charge < -0.3 is 19.3 Å². The zero-order chi connectivity index (χ0) is 12.4. The third kappa shape index (κ3) is 1.52. The third-order valence-electron chi connectivity index (χ3n) is 5.30. The van der Waals surface area contributed by atoms with E-state index < -0.39 is 6.29 Å². The van der Waals surface area contributed by atoms with Gasteiger partial charge >= 0.3 is 0 Å². The topological polar surface area (TPSA) is 47.9 Å². The monoisotopic (exact) mass is 254 g/mol. The number of hydrogen-bond donors (Lipinski definition) is 1. The van der Waals surface area contributed by atoms with Crippen molar-refractivity contribution in [3.63, 3.8) is 0 Å². The van der Waals surface area contributed by atoms with Crippen molar-refractivity contribution in [2.24, 2.45) is 5.41 Å². The SMILES string of the molecule is C[C@@]12C[C@@H](OC1O)[C@@H]1OC3(CCCCC3)O[C@@H]1C2. The lowest BCUT2D eigenvalue weighted by Crippen LogP contribution is -2.42. The van der Waals surface area contributed by atoms with Crippen molar-refractivity contribution in [3.8, 4) is 0 Å². The number of rotatable bonds is 0. The Morgan fingerprint density at radius 2 is 1.72 bits per heavy atom. The molecule has 4 fully saturated rings. The molecule has 0 radical (unpaired) electrons. The van der Waals surface area contributed by atoms with Crippen molar-refractivity contribution >= 4 is 0 Å². The van der Waals surface area contributed by atoms with Crippen LogP contribution in [-0.4, -0.2) is 35.5 Å². The van der Waals surface area contributed by atoms with Gasteiger partial charge in [0, 0.05) is 18.3 Å². The normalized spacial score (nSPS) is 53.7. The molecule has 4 heteroatoms. The fourth-order valence-electron chi connectivity index (χ4n) is 4.27. The van der Waals surface area contributed by atoms with Crippen LogP contribution >= 0.6 is 0 Å². The molecule has 18 heavy (non-hydrogen) atoms. The van der Waals surface area contributed by atoms with E-state index in [1.54, 1.807) is 0 Å². The van der Waals surface area contributed by atoms with E-state index in [4.69, 9.17) is 14.2 Å². The first-order valence-corrected chi connectivity index (χ1v) is 7.30. The Bertz CT molecular complexity index is 352. The highest BCUT2D eigenvalue weighted by atomic mass is 16.8. The second kappa shape index (κ2) is 3.69. The maximum atomic E-state index is 9.98. The number of fused-ring (bicyclic) bond motifs is 4. The molecular formula is C14H22O4. The Hall–Kier alpha value is -0.160. The lowest BCUT2D eigenvalue weighted by molar-refractivity contribution is -0.214. The van der Waals surface area contributed by atoms with E-state index >= 15 is 0 Å². The highest BCUT2D eigenvalue weighted by Gasteiger charge is 2.61. The summed E-state index contributed by atoms with van der Waals surface area (Å²) in [6.07, 6.45) is 7.00. The first kappa shape index (κ1) is 11.6. The average molecular weight is 254 g/mol. The van der Waals surface area contributed by atoms with Crippen molar-refractivity contribution in [3.05, 3.63) is 0 Å². The first-order valence-electron chi connectivity index (χ1n) is 7.30. The summed E-state index contributed by atoms with van der Waals surface area (Å²) >= 11 is 0. The van der Waals surface area contributed by atoms with Gasteiger partial charge in [-0.3, -0.25) is 0 Å². The van der Waals surface area contributed by atoms with Crippen LogP contribution in [0.25, 0.3) is 0 Å². The van der Waals surface area contributed by atoms with Crippen LogP contribution in [0, 0.1) is 5.41 Å². The predicted molar refractivity (Wildman–Crippen MR) is 63.8 cm³/mol. The lowest BCUT2D eigenvalue weighted by Gasteiger charge is -2.34. The molecule has 0 aromatic heterocycles. The van der Waals surface area contributed by atoms with Gasteiger partial charge in [-0.2, -0.15) is 0 Å². The van der Waals surface area contributed by atoms with Crippen molar-refractivity contribution in [2.75, 3.05) is 0 Å². The summed E-state index contributed by atoms with van der Waals surface area (Å²) in [5, 5.41) is 9.98. The minimum absolute atomic E-state index is 0.0186. The van der Waals surface area contributed by atoms with Crippen molar-refractivity contribution in [1.29, 1.82) is 0 Å². The standard InChI is InChI=1S/C14H22O4/c1-13-7-9(16-12(13)15)11-10(8-13)17-14(18-11)5-3-2-4-6-14/h9-12,15H,2-8H2,1H3/t9-,10-,11+,12?,13+/m1/s1. The van der Waals surface area contributed by atoms with E-state index in [0.717, 1.165) is 25.7 Å². The molecule has 4 nitrogen and oxygen atoms in total. The molecule has 2 heterocycles. The van der Waals surface area contributed by atoms with Gasteiger partial charge in [0.1, 0.15) is 6.10 Å². The Morgan fingerprint density at radius 3 is 2.50 bits per heavy atom. The molecular weight excluding hydrogens is 232 g/mol. The summed E-state index contributed by atoms with van der Waals surface area (Å²) in [7, 11) is 0. The van der Waals surface area contributed by atoms with Gasteiger partial charge in [0.25, 0.3) is 0 Å². The largest absolute Gasteiger partial charge is 0.367 e. The molecule has 0 aromatic carbocycles. The van der Waals surface area contributed by atoms with Gasteiger partial charge in [-0.15, -0.1) is 0 Å². The highest BCUT2D eigenvalue weighted by Crippen LogP contribution is 2.54. The summed E-state index contributed by atoms with van der Waals surface area (Å²) in [4.78, 5) is 0. The van der Waals surface area contributed by atoms with Crippen LogP contribution in [0.15, 0.2) is 0 Å². The van der Waals surface area contributed by atoms with Crippen LogP contribution in [0.1, 0.15) is 51.9 Å². The fraction of sp³-hybridized carbons (Fsp3) is 1.00. The molecule has 2 aliphatic heterocycles. The zero-order valence-electron chi connectivity index (χ0n) is 10.9. The average Bonchev–Trinajstić information content (AvgIpc) is 2.79. The molecule has 0 aromatic rings. The molecule has 2 saturated carbocycles. The maximum absolute atomic E-state index is 9.98. The molecule has 2 aliphatic carbocycles. The zero-order valence-corrected chi connectivity index (χ0v) is 10.9. The molecule has 1 N–H and O–H groups in total. The van der Waals surface area contributed by atoms with E-state index in [-0.39, 0.29) is 29.5 Å². The highest BCUT2D eigenvalue weighted by molar-refractivity contribution is 5.05. The first-order chi connectivity index (χ1) is 8.60. The number of hydrogen-bond acceptors (Lipinski definition) is 4. The Morgan fingerprint density at radius 1 is 1.00 bits per heavy atom. The van der Waals surface area contributed by atoms with Gasteiger partial charge in [-0.1, -0.05) is 13.3 Å². The Labute approximate surface area is 108 Å². The summed E-state index contributed by atoms with van der Waals surface area (Å²) in [6, 6.07) is 0. The summed E-state index contributed by atoms with van der Waals surface area (Å²) in [5.74, 6) is -0.331. The van der Waals surface area contributed by atoms with Crippen LogP contribution in [0.2, 0.25) is 0 Å². The second-order valence-corrected chi connectivity index (χ2v) is 6.80. The molecule has 4 aliphatic rings. The van der Waals surface area contributed by atoms with Gasteiger partial charge in [0.05, 0.1) is 12.2 Å². The fourth-order valence-corrected chi connectivity index (χ4v) is 4.27. The van der Waals surface area contributed by atoms with E-state index in [1.165, 1.54) is 19.3 Å². The van der Waals surface area contributed by atoms with Crippen molar-refractivity contribution in [2.45, 2.75) is 82.3 Å². The summed E-state index contributed by atoms with van der Waals surface area (Å²) in [6.45, 7) is 2.10. The van der Waals surface area contributed by atoms with Gasteiger partial charge in [0.15, 0.2) is 12.1 Å². The van der Waals surface area contributed by atoms with E-state index in [9.17, 15) is 5.11 Å². The Balaban J connectivity index is 1.57. The number of aliphatic hydroxyl groups is 1. The van der Waals surface area contributed by atoms with Crippen LogP contribution in [0.3, 0.4) is 0 Å². The van der Waals surface area contributed by atoms with Crippen LogP contribution in [-0.2, 0) is 14.2 Å². The molecule has 2 saturated heterocycles. The van der Waals surface area contributed by atoms with Crippen LogP contribution in [0.5, 0.6) is 0 Å². The maximum Gasteiger partial charge on any atom is 0.169 e. The molecule has 4 rings (SSSR count). The van der Waals surface area contributed by atoms with Crippen molar-refractivity contribution in [1.82, 2.24) is 0 Å². The smallest absolute Gasteiger partial charge is 0.169 e. The molecule has 0 amide bonds.